The highest BCUT2D eigenvalue weighted by Crippen LogP contribution is 2.37. The molecule has 3 aromatic rings. The molecular formula is C26H33N5O4. The number of aromatic nitrogens is 1. The fourth-order valence-corrected chi connectivity index (χ4v) is 4.32. The Hall–Kier alpha value is -3.40. The second kappa shape index (κ2) is 11.4. The molecule has 0 spiro atoms. The number of β-amino-alcohol motifs (C(OH)–C–C–N with tert-alkyl or cyclic N) is 1. The average Bonchev–Trinajstić information content (AvgIpc) is 2.87. The number of nitrogens with one attached hydrogen (secondary N) is 2. The van der Waals surface area contributed by atoms with Gasteiger partial charge in [0.25, 0.3) is 5.91 Å². The predicted molar refractivity (Wildman–Crippen MR) is 136 cm³/mol. The summed E-state index contributed by atoms with van der Waals surface area (Å²) >= 11 is 0. The number of pyridine rings is 1. The zero-order chi connectivity index (χ0) is 24.8. The quantitative estimate of drug-likeness (QED) is 0.328. The van der Waals surface area contributed by atoms with Crippen molar-refractivity contribution in [1.29, 1.82) is 0 Å². The second-order valence-corrected chi connectivity index (χ2v) is 8.49. The summed E-state index contributed by atoms with van der Waals surface area (Å²) in [4.78, 5) is 18.7. The van der Waals surface area contributed by atoms with Crippen molar-refractivity contribution in [1.82, 2.24) is 15.2 Å². The third-order valence-electron chi connectivity index (χ3n) is 6.25. The summed E-state index contributed by atoms with van der Waals surface area (Å²) in [6, 6.07) is 11.6. The molecule has 35 heavy (non-hydrogen) atoms. The van der Waals surface area contributed by atoms with E-state index in [1.165, 1.54) is 6.20 Å². The predicted octanol–water partition coefficient (Wildman–Crippen LogP) is 2.64. The normalized spacial score (nSPS) is 16.3. The van der Waals surface area contributed by atoms with Gasteiger partial charge in [-0.1, -0.05) is 25.1 Å². The minimum Gasteiger partial charge on any atom is -0.493 e. The van der Waals surface area contributed by atoms with Crippen molar-refractivity contribution in [2.45, 2.75) is 26.0 Å². The number of fused-ring (bicyclic) bond motifs is 1. The third-order valence-corrected chi connectivity index (χ3v) is 6.25. The molecule has 1 aromatic heterocycles. The number of carbonyl (C=O) groups is 1. The molecule has 1 unspecified atom stereocenters. The molecule has 0 radical (unpaired) electrons. The molecule has 0 bridgehead atoms. The van der Waals surface area contributed by atoms with E-state index in [2.05, 4.69) is 22.5 Å². The average molecular weight is 480 g/mol. The number of hydrogen-bond donors (Lipinski definition) is 4. The van der Waals surface area contributed by atoms with E-state index in [4.69, 9.17) is 15.2 Å². The highest BCUT2D eigenvalue weighted by molar-refractivity contribution is 6.08. The van der Waals surface area contributed by atoms with Gasteiger partial charge in [-0.15, -0.1) is 0 Å². The summed E-state index contributed by atoms with van der Waals surface area (Å²) in [5, 5.41) is 17.4. The Kier molecular flexibility index (Phi) is 8.02. The van der Waals surface area contributed by atoms with Crippen molar-refractivity contribution < 1.29 is 19.4 Å². The van der Waals surface area contributed by atoms with Gasteiger partial charge in [-0.25, -0.2) is 0 Å². The first-order chi connectivity index (χ1) is 17.0. The van der Waals surface area contributed by atoms with Gasteiger partial charge in [0.2, 0.25) is 0 Å². The number of methoxy groups -OCH3 is 1. The van der Waals surface area contributed by atoms with Crippen molar-refractivity contribution in [3.63, 3.8) is 0 Å². The van der Waals surface area contributed by atoms with E-state index in [1.54, 1.807) is 13.2 Å². The van der Waals surface area contributed by atoms with Gasteiger partial charge in [0.15, 0.2) is 11.5 Å². The van der Waals surface area contributed by atoms with Crippen molar-refractivity contribution in [3.8, 4) is 11.5 Å². The van der Waals surface area contributed by atoms with Crippen LogP contribution in [0.3, 0.4) is 0 Å². The van der Waals surface area contributed by atoms with E-state index in [9.17, 15) is 9.90 Å². The van der Waals surface area contributed by atoms with Crippen LogP contribution in [0.5, 0.6) is 11.5 Å². The van der Waals surface area contributed by atoms with Crippen LogP contribution in [-0.2, 0) is 6.42 Å². The Morgan fingerprint density at radius 1 is 1.31 bits per heavy atom. The summed E-state index contributed by atoms with van der Waals surface area (Å²) in [5.41, 5.74) is 9.25. The minimum absolute atomic E-state index is 0.298. The van der Waals surface area contributed by atoms with Gasteiger partial charge in [-0.05, 0) is 30.5 Å². The van der Waals surface area contributed by atoms with E-state index in [1.807, 2.05) is 35.2 Å². The minimum atomic E-state index is -0.566. The SMILES string of the molecule is CCc1ccccc1Nc1c(C(N)=O)cnc2cc(OC)c(OCCCN3CCNCC3O)cc12. The lowest BCUT2D eigenvalue weighted by atomic mass is 10.1. The number of piperazine rings is 1. The second-order valence-electron chi connectivity index (χ2n) is 8.49. The molecule has 1 saturated heterocycles. The van der Waals surface area contributed by atoms with Crippen LogP contribution in [-0.4, -0.2) is 67.0 Å². The number of benzene rings is 2. The number of primary amides is 1. The summed E-state index contributed by atoms with van der Waals surface area (Å²) < 4.78 is 11.6. The van der Waals surface area contributed by atoms with Gasteiger partial charge in [0.1, 0.15) is 6.23 Å². The van der Waals surface area contributed by atoms with Crippen LogP contribution in [0.4, 0.5) is 11.4 Å². The highest BCUT2D eigenvalue weighted by Gasteiger charge is 2.20. The molecule has 4 rings (SSSR count). The molecule has 2 aromatic carbocycles. The largest absolute Gasteiger partial charge is 0.493 e. The lowest BCUT2D eigenvalue weighted by molar-refractivity contribution is -0.0146. The topological polar surface area (TPSA) is 122 Å². The van der Waals surface area contributed by atoms with Gasteiger partial charge in [-0.3, -0.25) is 14.7 Å². The first-order valence-corrected chi connectivity index (χ1v) is 11.9. The monoisotopic (exact) mass is 479 g/mol. The molecule has 9 heteroatoms. The Bertz CT molecular complexity index is 1190. The number of amides is 1. The van der Waals surface area contributed by atoms with Crippen LogP contribution in [0.15, 0.2) is 42.6 Å². The Balaban J connectivity index is 1.63. The number of rotatable bonds is 10. The molecule has 1 aliphatic rings. The van der Waals surface area contributed by atoms with Crippen molar-refractivity contribution >= 4 is 28.2 Å². The molecule has 1 aliphatic heterocycles. The van der Waals surface area contributed by atoms with Gasteiger partial charge >= 0.3 is 0 Å². The molecule has 1 fully saturated rings. The van der Waals surface area contributed by atoms with Gasteiger partial charge in [-0.2, -0.15) is 0 Å². The first kappa shape index (κ1) is 24.7. The number of hydrogen-bond acceptors (Lipinski definition) is 8. The number of anilines is 2. The fourth-order valence-electron chi connectivity index (χ4n) is 4.32. The molecule has 2 heterocycles. The molecule has 0 saturated carbocycles. The van der Waals surface area contributed by atoms with Gasteiger partial charge in [0, 0.05) is 49.5 Å². The number of para-hydroxylation sites is 1. The van der Waals surface area contributed by atoms with E-state index in [0.29, 0.717) is 46.8 Å². The lowest BCUT2D eigenvalue weighted by Crippen LogP contribution is -2.51. The smallest absolute Gasteiger partial charge is 0.252 e. The number of aliphatic hydroxyl groups is 1. The number of nitrogens with zero attached hydrogens (tertiary/aromatic N) is 2. The Morgan fingerprint density at radius 3 is 2.89 bits per heavy atom. The number of nitrogens with two attached hydrogens (primary N) is 1. The maximum Gasteiger partial charge on any atom is 0.252 e. The maximum atomic E-state index is 12.3. The van der Waals surface area contributed by atoms with Crippen LogP contribution in [0.25, 0.3) is 10.9 Å². The highest BCUT2D eigenvalue weighted by atomic mass is 16.5. The molecular weight excluding hydrogens is 446 g/mol. The van der Waals surface area contributed by atoms with Gasteiger partial charge < -0.3 is 30.9 Å². The Morgan fingerprint density at radius 2 is 2.14 bits per heavy atom. The zero-order valence-electron chi connectivity index (χ0n) is 20.2. The number of ether oxygens (including phenoxy) is 2. The summed E-state index contributed by atoms with van der Waals surface area (Å²) in [6.07, 6.45) is 2.59. The molecule has 1 atom stereocenters. The van der Waals surface area contributed by atoms with E-state index < -0.39 is 12.1 Å². The zero-order valence-corrected chi connectivity index (χ0v) is 20.2. The van der Waals surface area contributed by atoms with Crippen molar-refractivity contribution in [2.75, 3.05) is 45.2 Å². The molecule has 9 nitrogen and oxygen atoms in total. The van der Waals surface area contributed by atoms with E-state index in [-0.39, 0.29) is 0 Å². The summed E-state index contributed by atoms with van der Waals surface area (Å²) in [5.74, 6) is 0.541. The lowest BCUT2D eigenvalue weighted by Gasteiger charge is -2.32. The fraction of sp³-hybridized carbons (Fsp3) is 0.385. The Labute approximate surface area is 205 Å². The summed E-state index contributed by atoms with van der Waals surface area (Å²) in [7, 11) is 1.58. The molecule has 1 amide bonds. The molecule has 186 valence electrons. The first-order valence-electron chi connectivity index (χ1n) is 11.9. The van der Waals surface area contributed by atoms with E-state index >= 15 is 0 Å². The van der Waals surface area contributed by atoms with Crippen molar-refractivity contribution in [2.24, 2.45) is 5.73 Å². The number of aliphatic hydroxyl groups excluding tert-OH is 1. The standard InChI is InChI=1S/C26H33N5O4/c1-3-17-7-4-5-8-20(17)30-25-18-13-23(35-12-6-10-31-11-9-28-16-24(31)32)22(34-2)14-21(18)29-15-19(25)26(27)33/h4-5,7-8,13-15,24,28,32H,3,6,9-12,16H2,1-2H3,(H2,27,33)(H,29,30). The number of aryl methyl sites for hydroxylation is 1. The van der Waals surface area contributed by atoms with Crippen LogP contribution < -0.4 is 25.8 Å². The maximum absolute atomic E-state index is 12.3. The third kappa shape index (κ3) is 5.64. The number of carbonyl (C=O) groups excluding carboxylic acids is 1. The molecule has 5 N–H and O–H groups in total. The van der Waals surface area contributed by atoms with Gasteiger partial charge in [0.05, 0.1) is 30.5 Å². The van der Waals surface area contributed by atoms with Crippen LogP contribution >= 0.6 is 0 Å². The van der Waals surface area contributed by atoms with Crippen LogP contribution in [0, 0.1) is 0 Å². The van der Waals surface area contributed by atoms with Crippen molar-refractivity contribution in [3.05, 3.63) is 53.7 Å². The summed E-state index contributed by atoms with van der Waals surface area (Å²) in [6.45, 7) is 5.50. The van der Waals surface area contributed by atoms with Crippen LogP contribution in [0.1, 0.15) is 29.3 Å². The van der Waals surface area contributed by atoms with E-state index in [0.717, 1.165) is 43.7 Å². The van der Waals surface area contributed by atoms with Crippen LogP contribution in [0.2, 0.25) is 0 Å². The molecule has 0 aliphatic carbocycles.